The lowest BCUT2D eigenvalue weighted by atomic mass is 9.57. The maximum absolute atomic E-state index is 14.1. The zero-order valence-corrected chi connectivity index (χ0v) is 23.6. The molecular formula is C30H30ClN3O8. The number of phenolic OH excluding ortho intramolecular Hbond substituents is 1. The molecule has 7 N–H and O–H groups in total. The molecule has 0 aliphatic heterocycles. The number of amides is 2. The molecular weight excluding hydrogens is 566 g/mol. The van der Waals surface area contributed by atoms with Crippen molar-refractivity contribution in [1.29, 1.82) is 0 Å². The topological polar surface area (TPSA) is 190 Å². The number of Topliss-reactive ketones (excluding diaryl/α,β-unsaturated/α-hetero) is 2. The Bertz CT molecular complexity index is 1600. The van der Waals surface area contributed by atoms with E-state index in [4.69, 9.17) is 17.3 Å². The number of carbonyl (C=O) groups excluding carboxylic acids is 4. The number of phenols is 1. The summed E-state index contributed by atoms with van der Waals surface area (Å²) in [5.41, 5.74) is 3.63. The Hall–Kier alpha value is -4.19. The Kier molecular flexibility index (Phi) is 7.38. The van der Waals surface area contributed by atoms with E-state index < -0.39 is 64.0 Å². The van der Waals surface area contributed by atoms with E-state index in [0.717, 1.165) is 5.56 Å². The van der Waals surface area contributed by atoms with E-state index in [0.29, 0.717) is 11.1 Å². The highest BCUT2D eigenvalue weighted by molar-refractivity contribution is 6.27. The molecule has 2 amide bonds. The Morgan fingerprint density at radius 1 is 1.14 bits per heavy atom. The molecule has 0 aromatic heterocycles. The number of ketones is 2. The van der Waals surface area contributed by atoms with E-state index in [1.807, 2.05) is 30.3 Å². The maximum atomic E-state index is 14.1. The van der Waals surface area contributed by atoms with Crippen molar-refractivity contribution in [3.05, 3.63) is 70.0 Å². The quantitative estimate of drug-likeness (QED) is 0.212. The highest BCUT2D eigenvalue weighted by Gasteiger charge is 2.64. The molecule has 0 heterocycles. The van der Waals surface area contributed by atoms with Gasteiger partial charge in [-0.25, -0.2) is 0 Å². The molecule has 12 heteroatoms. The van der Waals surface area contributed by atoms with Crippen molar-refractivity contribution in [2.75, 3.05) is 20.0 Å². The summed E-state index contributed by atoms with van der Waals surface area (Å²) >= 11 is 5.61. The van der Waals surface area contributed by atoms with Crippen LogP contribution in [0.2, 0.25) is 0 Å². The molecule has 0 spiro atoms. The van der Waals surface area contributed by atoms with Crippen LogP contribution in [0.15, 0.2) is 53.3 Å². The second-order valence-electron chi connectivity index (χ2n) is 11.0. The van der Waals surface area contributed by atoms with Crippen LogP contribution in [0.4, 0.5) is 0 Å². The first kappa shape index (κ1) is 29.3. The summed E-state index contributed by atoms with van der Waals surface area (Å²) < 4.78 is 0. The fourth-order valence-electron chi connectivity index (χ4n) is 6.62. The minimum atomic E-state index is -2.73. The Labute approximate surface area is 245 Å². The van der Waals surface area contributed by atoms with Crippen molar-refractivity contribution >= 4 is 40.7 Å². The van der Waals surface area contributed by atoms with Crippen molar-refractivity contribution in [3.8, 4) is 16.9 Å². The molecule has 11 nitrogen and oxygen atoms in total. The monoisotopic (exact) mass is 595 g/mol. The van der Waals surface area contributed by atoms with Crippen LogP contribution in [0.3, 0.4) is 0 Å². The lowest BCUT2D eigenvalue weighted by molar-refractivity contribution is -0.153. The first-order valence-corrected chi connectivity index (χ1v) is 13.8. The Morgan fingerprint density at radius 3 is 2.40 bits per heavy atom. The van der Waals surface area contributed by atoms with Crippen LogP contribution in [0.1, 0.15) is 23.1 Å². The molecule has 3 aliphatic rings. The summed E-state index contributed by atoms with van der Waals surface area (Å²) in [6.45, 7) is -0.130. The van der Waals surface area contributed by atoms with Gasteiger partial charge < -0.3 is 31.5 Å². The summed E-state index contributed by atoms with van der Waals surface area (Å²) in [6.07, 6.45) is 0.120. The van der Waals surface area contributed by atoms with Crippen LogP contribution in [-0.4, -0.2) is 80.3 Å². The molecule has 5 rings (SSSR count). The van der Waals surface area contributed by atoms with Crippen molar-refractivity contribution in [2.45, 2.75) is 31.0 Å². The number of aliphatic hydroxyl groups is 3. The minimum Gasteiger partial charge on any atom is -0.508 e. The van der Waals surface area contributed by atoms with Crippen LogP contribution in [0, 0.1) is 11.8 Å². The number of alkyl halides is 1. The highest BCUT2D eigenvalue weighted by atomic mass is 35.5. The number of benzene rings is 2. The number of hydrogen-bond donors (Lipinski definition) is 6. The zero-order valence-electron chi connectivity index (χ0n) is 22.8. The number of aromatic hydroxyl groups is 1. The van der Waals surface area contributed by atoms with Gasteiger partial charge in [0.05, 0.1) is 11.6 Å². The van der Waals surface area contributed by atoms with Gasteiger partial charge in [-0.2, -0.15) is 0 Å². The van der Waals surface area contributed by atoms with Gasteiger partial charge in [-0.3, -0.25) is 24.1 Å². The van der Waals surface area contributed by atoms with Gasteiger partial charge in [-0.1, -0.05) is 30.3 Å². The van der Waals surface area contributed by atoms with E-state index >= 15 is 0 Å². The molecule has 0 saturated heterocycles. The van der Waals surface area contributed by atoms with Crippen molar-refractivity contribution < 1.29 is 39.6 Å². The molecule has 0 unspecified atom stereocenters. The lowest BCUT2D eigenvalue weighted by Gasteiger charge is -2.50. The predicted molar refractivity (Wildman–Crippen MR) is 152 cm³/mol. The summed E-state index contributed by atoms with van der Waals surface area (Å²) in [4.78, 5) is 52.9. The average molecular weight is 596 g/mol. The molecule has 42 heavy (non-hydrogen) atoms. The highest BCUT2D eigenvalue weighted by Crippen LogP contribution is 2.54. The first-order chi connectivity index (χ1) is 19.8. The maximum Gasteiger partial charge on any atom is 0.255 e. The number of primary amides is 1. The summed E-state index contributed by atoms with van der Waals surface area (Å²) in [5.74, 6) is -8.01. The third kappa shape index (κ3) is 4.27. The number of hydrogen-bond acceptors (Lipinski definition) is 9. The van der Waals surface area contributed by atoms with Crippen LogP contribution in [0.25, 0.3) is 16.9 Å². The van der Waals surface area contributed by atoms with Gasteiger partial charge in [-0.15, -0.1) is 11.6 Å². The Balaban J connectivity index is 1.75. The predicted octanol–water partition coefficient (Wildman–Crippen LogP) is 1.49. The number of rotatable bonds is 6. The van der Waals surface area contributed by atoms with E-state index in [1.165, 1.54) is 4.90 Å². The fraction of sp³-hybridized carbons (Fsp3) is 0.333. The number of likely N-dealkylation sites (N-methyl/N-ethyl adjacent to an activating group) is 1. The normalized spacial score (nSPS) is 25.2. The summed E-state index contributed by atoms with van der Waals surface area (Å²) in [5, 5.41) is 48.4. The second kappa shape index (κ2) is 10.6. The molecule has 2 aromatic carbocycles. The molecule has 1 fully saturated rings. The zero-order chi connectivity index (χ0) is 30.7. The van der Waals surface area contributed by atoms with Gasteiger partial charge >= 0.3 is 0 Å². The molecule has 0 radical (unpaired) electrons. The molecule has 220 valence electrons. The number of halogens is 1. The number of nitrogens with zero attached hydrogens (tertiary/aromatic N) is 1. The number of aliphatic hydroxyl groups excluding tert-OH is 2. The fourth-order valence-corrected chi connectivity index (χ4v) is 6.71. The van der Waals surface area contributed by atoms with E-state index in [-0.39, 0.29) is 47.7 Å². The minimum absolute atomic E-state index is 0.0196. The Morgan fingerprint density at radius 2 is 1.81 bits per heavy atom. The van der Waals surface area contributed by atoms with Crippen LogP contribution in [0.5, 0.6) is 5.75 Å². The van der Waals surface area contributed by atoms with Gasteiger partial charge in [0.25, 0.3) is 5.91 Å². The largest absolute Gasteiger partial charge is 0.508 e. The molecule has 1 saturated carbocycles. The molecule has 4 atom stereocenters. The standard InChI is InChI=1S/C30H30ClN3O8/c1-34(2)23-18-10-14-8-17-16(13-6-4-3-5-7-13)9-15(12-33-19(35)11-31)24(36)21(17)25(37)20(14)27(39)30(18,42)28(40)22(26(23)38)29(32)41/h3-7,9,14,18,23,36-37,40,42H,8,10-12H2,1-2H3,(H2,32,41)(H,33,35)/t14-,18+,23-,30-/m0/s1. The average Bonchev–Trinajstić information content (AvgIpc) is 2.94. The number of nitrogens with two attached hydrogens (primary N) is 1. The first-order valence-electron chi connectivity index (χ1n) is 13.2. The number of carbonyl (C=O) groups is 4. The van der Waals surface area contributed by atoms with Gasteiger partial charge in [-0.05, 0) is 55.6 Å². The van der Waals surface area contributed by atoms with Crippen LogP contribution >= 0.6 is 11.6 Å². The number of nitrogens with one attached hydrogen (secondary N) is 1. The molecule has 0 bridgehead atoms. The van der Waals surface area contributed by atoms with Crippen molar-refractivity contribution in [1.82, 2.24) is 10.2 Å². The molecule has 3 aliphatic carbocycles. The number of fused-ring (bicyclic) bond motifs is 3. The van der Waals surface area contributed by atoms with E-state index in [2.05, 4.69) is 5.32 Å². The third-order valence-corrected chi connectivity index (χ3v) is 8.72. The van der Waals surface area contributed by atoms with E-state index in [9.17, 15) is 39.6 Å². The molecule has 2 aromatic rings. The van der Waals surface area contributed by atoms with Gasteiger partial charge in [0.1, 0.15) is 28.7 Å². The van der Waals surface area contributed by atoms with Gasteiger partial charge in [0.2, 0.25) is 11.7 Å². The van der Waals surface area contributed by atoms with Crippen molar-refractivity contribution in [2.24, 2.45) is 17.6 Å². The third-order valence-electron chi connectivity index (χ3n) is 8.48. The van der Waals surface area contributed by atoms with Gasteiger partial charge in [0.15, 0.2) is 11.4 Å². The van der Waals surface area contributed by atoms with E-state index in [1.54, 1.807) is 20.2 Å². The lowest BCUT2D eigenvalue weighted by Crippen LogP contribution is -2.65. The summed E-state index contributed by atoms with van der Waals surface area (Å²) in [7, 11) is 3.09. The summed E-state index contributed by atoms with van der Waals surface area (Å²) in [6, 6.07) is 9.66. The SMILES string of the molecule is CN(C)[C@@H]1C(=O)C(C(N)=O)=C(O)[C@@]2(O)C(=O)C3=C(O)c4c(O)c(CNC(=O)CCl)cc(-c5ccccc5)c4C[C@H]3C[C@H]12. The smallest absolute Gasteiger partial charge is 0.255 e. The van der Waals surface area contributed by atoms with Gasteiger partial charge in [0, 0.05) is 23.6 Å². The second-order valence-corrected chi connectivity index (χ2v) is 11.3. The van der Waals surface area contributed by atoms with Crippen LogP contribution < -0.4 is 11.1 Å². The van der Waals surface area contributed by atoms with Crippen LogP contribution in [-0.2, 0) is 32.1 Å². The van der Waals surface area contributed by atoms with Crippen molar-refractivity contribution in [3.63, 3.8) is 0 Å².